The van der Waals surface area contributed by atoms with E-state index in [2.05, 4.69) is 0 Å². The summed E-state index contributed by atoms with van der Waals surface area (Å²) in [6, 6.07) is 1.93. The smallest absolute Gasteiger partial charge is 0.160 e. The highest BCUT2D eigenvalue weighted by Gasteiger charge is 2.38. The van der Waals surface area contributed by atoms with Gasteiger partial charge in [-0.05, 0) is 30.4 Å². The molecule has 4 heteroatoms. The first-order valence-corrected chi connectivity index (χ1v) is 6.14. The average Bonchev–Trinajstić information content (AvgIpc) is 2.71. The quantitative estimate of drug-likeness (QED) is 0.789. The van der Waals surface area contributed by atoms with Crippen molar-refractivity contribution in [3.8, 4) is 0 Å². The Bertz CT molecular complexity index is 428. The molecule has 1 saturated carbocycles. The summed E-state index contributed by atoms with van der Waals surface area (Å²) < 4.78 is 26.1. The predicted molar refractivity (Wildman–Crippen MR) is 62.9 cm³/mol. The topological polar surface area (TPSA) is 20.2 Å². The van der Waals surface area contributed by atoms with E-state index in [0.29, 0.717) is 0 Å². The van der Waals surface area contributed by atoms with Gasteiger partial charge in [-0.1, -0.05) is 31.4 Å². The molecule has 1 nitrogen and oxygen atoms in total. The lowest BCUT2D eigenvalue weighted by Crippen LogP contribution is -2.22. The summed E-state index contributed by atoms with van der Waals surface area (Å²) in [5.74, 6) is -1.95. The van der Waals surface area contributed by atoms with Crippen LogP contribution >= 0.6 is 11.6 Å². The second-order valence-corrected chi connectivity index (χ2v) is 5.46. The van der Waals surface area contributed by atoms with Gasteiger partial charge >= 0.3 is 0 Å². The molecule has 0 aliphatic heterocycles. The highest BCUT2D eigenvalue weighted by atomic mass is 35.5. The SMILES string of the molecule is CC1(C(O)c2cc(F)c(F)cc2Cl)CCCC1. The third-order valence-corrected chi connectivity index (χ3v) is 4.07. The summed E-state index contributed by atoms with van der Waals surface area (Å²) in [7, 11) is 0. The number of hydrogen-bond donors (Lipinski definition) is 1. The number of halogens is 3. The fourth-order valence-electron chi connectivity index (χ4n) is 2.58. The van der Waals surface area contributed by atoms with Gasteiger partial charge in [0, 0.05) is 10.6 Å². The van der Waals surface area contributed by atoms with Crippen LogP contribution in [0.2, 0.25) is 5.02 Å². The maximum absolute atomic E-state index is 13.2. The molecule has 1 N–H and O–H groups in total. The van der Waals surface area contributed by atoms with Crippen LogP contribution in [-0.4, -0.2) is 5.11 Å². The van der Waals surface area contributed by atoms with Gasteiger partial charge in [0.15, 0.2) is 11.6 Å². The van der Waals surface area contributed by atoms with E-state index in [1.165, 1.54) is 0 Å². The summed E-state index contributed by atoms with van der Waals surface area (Å²) >= 11 is 5.87. The lowest BCUT2D eigenvalue weighted by molar-refractivity contribution is 0.0406. The zero-order valence-electron chi connectivity index (χ0n) is 9.64. The molecular formula is C13H15ClF2O. The molecule has 0 amide bonds. The van der Waals surface area contributed by atoms with Gasteiger partial charge < -0.3 is 5.11 Å². The van der Waals surface area contributed by atoms with E-state index < -0.39 is 17.7 Å². The Morgan fingerprint density at radius 1 is 1.24 bits per heavy atom. The van der Waals surface area contributed by atoms with Crippen molar-refractivity contribution in [3.63, 3.8) is 0 Å². The number of aliphatic hydroxyl groups is 1. The Labute approximate surface area is 104 Å². The molecule has 1 fully saturated rings. The van der Waals surface area contributed by atoms with Crippen LogP contribution in [0.1, 0.15) is 44.3 Å². The van der Waals surface area contributed by atoms with Crippen LogP contribution in [0.25, 0.3) is 0 Å². The normalized spacial score (nSPS) is 20.5. The third-order valence-electron chi connectivity index (χ3n) is 3.74. The largest absolute Gasteiger partial charge is 0.388 e. The number of hydrogen-bond acceptors (Lipinski definition) is 1. The lowest BCUT2D eigenvalue weighted by atomic mass is 9.79. The van der Waals surface area contributed by atoms with E-state index >= 15 is 0 Å². The van der Waals surface area contributed by atoms with Crippen LogP contribution < -0.4 is 0 Å². The minimum Gasteiger partial charge on any atom is -0.388 e. The fraction of sp³-hybridized carbons (Fsp3) is 0.538. The number of aliphatic hydroxyl groups excluding tert-OH is 1. The molecule has 1 unspecified atom stereocenters. The van der Waals surface area contributed by atoms with Crippen molar-refractivity contribution in [1.82, 2.24) is 0 Å². The van der Waals surface area contributed by atoms with Crippen LogP contribution in [0.4, 0.5) is 8.78 Å². The minimum atomic E-state index is -0.984. The Kier molecular flexibility index (Phi) is 3.41. The molecule has 0 spiro atoms. The van der Waals surface area contributed by atoms with Crippen molar-refractivity contribution in [2.45, 2.75) is 38.7 Å². The van der Waals surface area contributed by atoms with E-state index in [1.807, 2.05) is 6.92 Å². The summed E-state index contributed by atoms with van der Waals surface area (Å²) in [5.41, 5.74) is 0.00319. The molecule has 1 aromatic rings. The third kappa shape index (κ3) is 2.31. The second kappa shape index (κ2) is 4.54. The van der Waals surface area contributed by atoms with Gasteiger partial charge in [0.1, 0.15) is 0 Å². The molecule has 0 aromatic heterocycles. The Balaban J connectivity index is 2.36. The monoisotopic (exact) mass is 260 g/mol. The Morgan fingerprint density at radius 3 is 2.35 bits per heavy atom. The van der Waals surface area contributed by atoms with Crippen molar-refractivity contribution >= 4 is 11.6 Å². The standard InChI is InChI=1S/C13H15ClF2O/c1-13(4-2-3-5-13)12(17)8-6-10(15)11(16)7-9(8)14/h6-7,12,17H,2-5H2,1H3. The maximum atomic E-state index is 13.2. The molecule has 94 valence electrons. The van der Waals surface area contributed by atoms with Crippen molar-refractivity contribution in [3.05, 3.63) is 34.4 Å². The number of benzene rings is 1. The zero-order chi connectivity index (χ0) is 12.6. The van der Waals surface area contributed by atoms with Gasteiger partial charge in [0.2, 0.25) is 0 Å². The van der Waals surface area contributed by atoms with Crippen LogP contribution in [0, 0.1) is 17.0 Å². The first kappa shape index (κ1) is 12.8. The Morgan fingerprint density at radius 2 is 1.76 bits per heavy atom. The first-order valence-electron chi connectivity index (χ1n) is 5.76. The summed E-state index contributed by atoms with van der Waals surface area (Å²) in [5, 5.41) is 10.4. The lowest BCUT2D eigenvalue weighted by Gasteiger charge is -2.30. The summed E-state index contributed by atoms with van der Waals surface area (Å²) in [6.07, 6.45) is 3.02. The van der Waals surface area contributed by atoms with Gasteiger partial charge in [-0.2, -0.15) is 0 Å². The first-order chi connectivity index (χ1) is 7.94. The van der Waals surface area contributed by atoms with Crippen molar-refractivity contribution in [1.29, 1.82) is 0 Å². The van der Waals surface area contributed by atoms with Crippen LogP contribution in [0.3, 0.4) is 0 Å². The molecule has 0 bridgehead atoms. The molecule has 1 aliphatic rings. The predicted octanol–water partition coefficient (Wildman–Crippen LogP) is 4.23. The maximum Gasteiger partial charge on any atom is 0.160 e. The van der Waals surface area contributed by atoms with Crippen molar-refractivity contribution < 1.29 is 13.9 Å². The van der Waals surface area contributed by atoms with Crippen molar-refractivity contribution in [2.75, 3.05) is 0 Å². The van der Waals surface area contributed by atoms with Crippen LogP contribution in [0.5, 0.6) is 0 Å². The molecule has 0 radical (unpaired) electrons. The molecule has 1 aromatic carbocycles. The zero-order valence-corrected chi connectivity index (χ0v) is 10.4. The molecule has 0 saturated heterocycles. The van der Waals surface area contributed by atoms with Crippen molar-refractivity contribution in [2.24, 2.45) is 5.41 Å². The Hall–Kier alpha value is -0.670. The molecule has 2 rings (SSSR count). The van der Waals surface area contributed by atoms with Gasteiger partial charge in [-0.3, -0.25) is 0 Å². The molecule has 1 atom stereocenters. The van der Waals surface area contributed by atoms with E-state index in [4.69, 9.17) is 11.6 Å². The van der Waals surface area contributed by atoms with Crippen LogP contribution in [0.15, 0.2) is 12.1 Å². The summed E-state index contributed by atoms with van der Waals surface area (Å²) in [4.78, 5) is 0. The van der Waals surface area contributed by atoms with E-state index in [1.54, 1.807) is 0 Å². The summed E-state index contributed by atoms with van der Waals surface area (Å²) in [6.45, 7) is 1.96. The second-order valence-electron chi connectivity index (χ2n) is 5.05. The van der Waals surface area contributed by atoms with E-state index in [0.717, 1.165) is 37.8 Å². The molecular weight excluding hydrogens is 246 g/mol. The average molecular weight is 261 g/mol. The molecule has 17 heavy (non-hydrogen) atoms. The molecule has 1 aliphatic carbocycles. The molecule has 0 heterocycles. The number of rotatable bonds is 2. The van der Waals surface area contributed by atoms with Gasteiger partial charge in [0.25, 0.3) is 0 Å². The fourth-order valence-corrected chi connectivity index (χ4v) is 2.83. The van der Waals surface area contributed by atoms with Gasteiger partial charge in [-0.15, -0.1) is 0 Å². The van der Waals surface area contributed by atoms with Crippen LogP contribution in [-0.2, 0) is 0 Å². The van der Waals surface area contributed by atoms with Gasteiger partial charge in [0.05, 0.1) is 6.10 Å². The highest BCUT2D eigenvalue weighted by molar-refractivity contribution is 6.31. The van der Waals surface area contributed by atoms with Gasteiger partial charge in [-0.25, -0.2) is 8.78 Å². The van der Waals surface area contributed by atoms with E-state index in [9.17, 15) is 13.9 Å². The van der Waals surface area contributed by atoms with E-state index in [-0.39, 0.29) is 16.0 Å². The highest BCUT2D eigenvalue weighted by Crippen LogP contribution is 2.48. The minimum absolute atomic E-state index is 0.0875.